The number of rotatable bonds is 5. The molecule has 0 unspecified atom stereocenters. The maximum atomic E-state index is 12.7. The SMILES string of the molecule is C=CCOc1ccc(C=C2SC(=S)N(c3ccc(Cl)cc3)C2=O)cc1. The minimum absolute atomic E-state index is 0.135. The summed E-state index contributed by atoms with van der Waals surface area (Å²) in [5, 5.41) is 0.614. The normalized spacial score (nSPS) is 15.7. The highest BCUT2D eigenvalue weighted by Crippen LogP contribution is 2.36. The molecule has 0 spiro atoms. The topological polar surface area (TPSA) is 29.5 Å². The van der Waals surface area contributed by atoms with E-state index in [0.717, 1.165) is 11.3 Å². The first kappa shape index (κ1) is 17.7. The number of anilines is 1. The Morgan fingerprint density at radius 1 is 1.16 bits per heavy atom. The Bertz CT molecular complexity index is 845. The molecular weight excluding hydrogens is 374 g/mol. The van der Waals surface area contributed by atoms with E-state index in [-0.39, 0.29) is 5.91 Å². The molecule has 3 nitrogen and oxygen atoms in total. The van der Waals surface area contributed by atoms with E-state index >= 15 is 0 Å². The first-order chi connectivity index (χ1) is 12.1. The molecule has 126 valence electrons. The second-order valence-electron chi connectivity index (χ2n) is 5.16. The number of carbonyl (C=O) groups excluding carboxylic acids is 1. The van der Waals surface area contributed by atoms with Gasteiger partial charge in [-0.2, -0.15) is 0 Å². The average molecular weight is 388 g/mol. The molecule has 0 N–H and O–H groups in total. The van der Waals surface area contributed by atoms with Gasteiger partial charge in [-0.05, 0) is 48.0 Å². The smallest absolute Gasteiger partial charge is 0.270 e. The van der Waals surface area contributed by atoms with Gasteiger partial charge in [-0.1, -0.05) is 60.4 Å². The fourth-order valence-corrected chi connectivity index (χ4v) is 3.67. The van der Waals surface area contributed by atoms with Crippen LogP contribution >= 0.6 is 35.6 Å². The number of hydrogen-bond donors (Lipinski definition) is 0. The van der Waals surface area contributed by atoms with Crippen molar-refractivity contribution in [2.75, 3.05) is 11.5 Å². The van der Waals surface area contributed by atoms with Gasteiger partial charge in [-0.15, -0.1) is 0 Å². The monoisotopic (exact) mass is 387 g/mol. The van der Waals surface area contributed by atoms with Crippen LogP contribution in [0, 0.1) is 0 Å². The van der Waals surface area contributed by atoms with Crippen molar-refractivity contribution in [1.82, 2.24) is 0 Å². The van der Waals surface area contributed by atoms with E-state index in [2.05, 4.69) is 6.58 Å². The van der Waals surface area contributed by atoms with Crippen LogP contribution < -0.4 is 9.64 Å². The van der Waals surface area contributed by atoms with E-state index in [1.54, 1.807) is 30.3 Å². The molecule has 1 heterocycles. The van der Waals surface area contributed by atoms with Crippen molar-refractivity contribution in [3.63, 3.8) is 0 Å². The van der Waals surface area contributed by atoms with Gasteiger partial charge >= 0.3 is 0 Å². The zero-order valence-electron chi connectivity index (χ0n) is 13.1. The molecule has 0 atom stereocenters. The zero-order valence-corrected chi connectivity index (χ0v) is 15.5. The Labute approximate surface area is 160 Å². The van der Waals surface area contributed by atoms with Gasteiger partial charge in [0.2, 0.25) is 0 Å². The maximum Gasteiger partial charge on any atom is 0.270 e. The van der Waals surface area contributed by atoms with Crippen LogP contribution in [0.4, 0.5) is 5.69 Å². The van der Waals surface area contributed by atoms with Crippen molar-refractivity contribution in [2.24, 2.45) is 0 Å². The number of benzene rings is 2. The number of hydrogen-bond acceptors (Lipinski definition) is 4. The third kappa shape index (κ3) is 4.12. The predicted molar refractivity (Wildman–Crippen MR) is 109 cm³/mol. The third-order valence-electron chi connectivity index (χ3n) is 3.42. The van der Waals surface area contributed by atoms with Gasteiger partial charge in [0, 0.05) is 5.02 Å². The van der Waals surface area contributed by atoms with Crippen LogP contribution in [0.1, 0.15) is 5.56 Å². The van der Waals surface area contributed by atoms with Crippen molar-refractivity contribution >= 4 is 57.6 Å². The van der Waals surface area contributed by atoms with Crippen molar-refractivity contribution in [2.45, 2.75) is 0 Å². The number of amides is 1. The molecule has 1 amide bonds. The summed E-state index contributed by atoms with van der Waals surface area (Å²) < 4.78 is 5.96. The molecule has 25 heavy (non-hydrogen) atoms. The summed E-state index contributed by atoms with van der Waals surface area (Å²) in [5.41, 5.74) is 1.62. The highest BCUT2D eigenvalue weighted by atomic mass is 35.5. The summed E-state index contributed by atoms with van der Waals surface area (Å²) in [6.45, 7) is 4.07. The fourth-order valence-electron chi connectivity index (χ4n) is 2.25. The lowest BCUT2D eigenvalue weighted by molar-refractivity contribution is -0.113. The minimum Gasteiger partial charge on any atom is -0.490 e. The molecule has 0 radical (unpaired) electrons. The number of carbonyl (C=O) groups is 1. The van der Waals surface area contributed by atoms with E-state index in [1.807, 2.05) is 30.3 Å². The molecule has 0 saturated carbocycles. The maximum absolute atomic E-state index is 12.7. The summed E-state index contributed by atoms with van der Waals surface area (Å²) >= 11 is 12.5. The van der Waals surface area contributed by atoms with Crippen LogP contribution in [0.2, 0.25) is 5.02 Å². The molecule has 1 aliphatic heterocycles. The largest absolute Gasteiger partial charge is 0.490 e. The molecule has 6 heteroatoms. The van der Waals surface area contributed by atoms with Crippen molar-refractivity contribution in [3.05, 3.63) is 76.7 Å². The van der Waals surface area contributed by atoms with Crippen LogP contribution in [0.15, 0.2) is 66.1 Å². The summed E-state index contributed by atoms with van der Waals surface area (Å²) in [6, 6.07) is 14.5. The Morgan fingerprint density at radius 2 is 1.84 bits per heavy atom. The summed E-state index contributed by atoms with van der Waals surface area (Å²) in [7, 11) is 0. The molecular formula is C19H14ClNO2S2. The highest BCUT2D eigenvalue weighted by molar-refractivity contribution is 8.27. The minimum atomic E-state index is -0.135. The van der Waals surface area contributed by atoms with Gasteiger partial charge in [0.25, 0.3) is 5.91 Å². The molecule has 3 rings (SSSR count). The van der Waals surface area contributed by atoms with Gasteiger partial charge in [0.1, 0.15) is 12.4 Å². The quantitative estimate of drug-likeness (QED) is 0.395. The summed E-state index contributed by atoms with van der Waals surface area (Å²) in [5.74, 6) is 0.620. The lowest BCUT2D eigenvalue weighted by atomic mass is 10.2. The number of ether oxygens (including phenoxy) is 1. The van der Waals surface area contributed by atoms with Gasteiger partial charge in [0.05, 0.1) is 10.6 Å². The Morgan fingerprint density at radius 3 is 2.48 bits per heavy atom. The van der Waals surface area contributed by atoms with Crippen LogP contribution in [-0.2, 0) is 4.79 Å². The second-order valence-corrected chi connectivity index (χ2v) is 7.27. The lowest BCUT2D eigenvalue weighted by Gasteiger charge is -2.14. The molecule has 2 aromatic rings. The van der Waals surface area contributed by atoms with E-state index < -0.39 is 0 Å². The number of thiocarbonyl (C=S) groups is 1. The van der Waals surface area contributed by atoms with Crippen molar-refractivity contribution in [1.29, 1.82) is 0 Å². The molecule has 0 aromatic heterocycles. The standard InChI is InChI=1S/C19H14ClNO2S2/c1-2-11-23-16-9-3-13(4-10-16)12-17-18(22)21(19(24)25-17)15-7-5-14(20)6-8-15/h2-10,12H,1,11H2. The molecule has 1 aliphatic rings. The van der Waals surface area contributed by atoms with Crippen LogP contribution in [0.3, 0.4) is 0 Å². The summed E-state index contributed by atoms with van der Waals surface area (Å²) in [6.07, 6.45) is 3.52. The fraction of sp³-hybridized carbons (Fsp3) is 0.0526. The van der Waals surface area contributed by atoms with Crippen molar-refractivity contribution in [3.8, 4) is 5.75 Å². The number of halogens is 1. The van der Waals surface area contributed by atoms with Gasteiger partial charge in [0.15, 0.2) is 4.32 Å². The first-order valence-electron chi connectivity index (χ1n) is 7.46. The number of nitrogens with zero attached hydrogens (tertiary/aromatic N) is 1. The molecule has 0 aliphatic carbocycles. The van der Waals surface area contributed by atoms with Gasteiger partial charge in [-0.25, -0.2) is 0 Å². The highest BCUT2D eigenvalue weighted by Gasteiger charge is 2.33. The van der Waals surface area contributed by atoms with Crippen LogP contribution in [0.25, 0.3) is 6.08 Å². The zero-order chi connectivity index (χ0) is 17.8. The predicted octanol–water partition coefficient (Wildman–Crippen LogP) is 5.31. The van der Waals surface area contributed by atoms with Crippen LogP contribution in [0.5, 0.6) is 5.75 Å². The van der Waals surface area contributed by atoms with E-state index in [9.17, 15) is 4.79 Å². The van der Waals surface area contributed by atoms with Gasteiger partial charge < -0.3 is 4.74 Å². The van der Waals surface area contributed by atoms with E-state index in [1.165, 1.54) is 16.7 Å². The Balaban J connectivity index is 1.80. The Hall–Kier alpha value is -2.08. The molecule has 1 fully saturated rings. The summed E-state index contributed by atoms with van der Waals surface area (Å²) in [4.78, 5) is 14.8. The molecule has 0 bridgehead atoms. The third-order valence-corrected chi connectivity index (χ3v) is 4.98. The van der Waals surface area contributed by atoms with E-state index in [0.29, 0.717) is 26.5 Å². The molecule has 2 aromatic carbocycles. The van der Waals surface area contributed by atoms with Crippen molar-refractivity contribution < 1.29 is 9.53 Å². The van der Waals surface area contributed by atoms with E-state index in [4.69, 9.17) is 28.6 Å². The van der Waals surface area contributed by atoms with Gasteiger partial charge in [-0.3, -0.25) is 9.69 Å². The number of thioether (sulfide) groups is 1. The first-order valence-corrected chi connectivity index (χ1v) is 9.06. The molecule has 1 saturated heterocycles. The van der Waals surface area contributed by atoms with Crippen LogP contribution in [-0.4, -0.2) is 16.8 Å². The second kappa shape index (κ2) is 7.87. The average Bonchev–Trinajstić information content (AvgIpc) is 2.89. The lowest BCUT2D eigenvalue weighted by Crippen LogP contribution is -2.27. The Kier molecular flexibility index (Phi) is 5.58.